The highest BCUT2D eigenvalue weighted by Gasteiger charge is 2.58. The molecule has 0 bridgehead atoms. The van der Waals surface area contributed by atoms with Crippen LogP contribution in [0, 0.1) is 11.8 Å². The van der Waals surface area contributed by atoms with Gasteiger partial charge in [-0.3, -0.25) is 9.48 Å². The molecule has 1 heterocycles. The molecule has 3 rings (SSSR count). The first-order valence-electron chi connectivity index (χ1n) is 6.22. The second-order valence-electron chi connectivity index (χ2n) is 5.33. The Bertz CT molecular complexity index is 537. The van der Waals surface area contributed by atoms with E-state index in [1.807, 2.05) is 0 Å². The van der Waals surface area contributed by atoms with Crippen LogP contribution in [0.5, 0.6) is 0 Å². The predicted octanol–water partition coefficient (Wildman–Crippen LogP) is 2.86. The Morgan fingerprint density at radius 1 is 1.30 bits per heavy atom. The van der Waals surface area contributed by atoms with E-state index in [1.54, 1.807) is 0 Å². The minimum absolute atomic E-state index is 0.00305. The molecule has 110 valence electrons. The SMILES string of the molecule is O=C1C[C@@H]2[C@H](C1)[C@H]2c1cc(C(F)(F)F)nn1CC(F)F. The average Bonchev–Trinajstić information content (AvgIpc) is 2.70. The maximum Gasteiger partial charge on any atom is 0.435 e. The van der Waals surface area contributed by atoms with Crippen LogP contribution >= 0.6 is 0 Å². The third-order valence-electron chi connectivity index (χ3n) is 4.01. The number of fused-ring (bicyclic) bond motifs is 1. The van der Waals surface area contributed by atoms with Gasteiger partial charge in [-0.05, 0) is 17.9 Å². The normalized spacial score (nSPS) is 29.1. The fourth-order valence-electron chi connectivity index (χ4n) is 3.16. The van der Waals surface area contributed by atoms with E-state index in [0.717, 1.165) is 10.7 Å². The maximum absolute atomic E-state index is 12.6. The maximum atomic E-state index is 12.6. The minimum atomic E-state index is -4.65. The Hall–Kier alpha value is -1.47. The number of ketones is 1. The van der Waals surface area contributed by atoms with Gasteiger partial charge >= 0.3 is 6.18 Å². The van der Waals surface area contributed by atoms with E-state index < -0.39 is 24.8 Å². The number of carbonyl (C=O) groups is 1. The van der Waals surface area contributed by atoms with E-state index in [9.17, 15) is 26.7 Å². The van der Waals surface area contributed by atoms with Gasteiger partial charge in [0.2, 0.25) is 0 Å². The van der Waals surface area contributed by atoms with Crippen LogP contribution in [-0.4, -0.2) is 22.0 Å². The molecule has 0 radical (unpaired) electrons. The largest absolute Gasteiger partial charge is 0.435 e. The Balaban J connectivity index is 1.89. The third-order valence-corrected chi connectivity index (χ3v) is 4.01. The van der Waals surface area contributed by atoms with E-state index >= 15 is 0 Å². The number of nitrogens with zero attached hydrogens (tertiary/aromatic N) is 2. The van der Waals surface area contributed by atoms with Crippen LogP contribution in [0.1, 0.15) is 30.1 Å². The van der Waals surface area contributed by atoms with Gasteiger partial charge in [-0.25, -0.2) is 8.78 Å². The molecule has 20 heavy (non-hydrogen) atoms. The Labute approximate surface area is 110 Å². The van der Waals surface area contributed by atoms with Gasteiger partial charge in [0.15, 0.2) is 5.69 Å². The highest BCUT2D eigenvalue weighted by molar-refractivity contribution is 5.83. The summed E-state index contributed by atoms with van der Waals surface area (Å²) in [5.41, 5.74) is -0.968. The van der Waals surface area contributed by atoms with Crippen molar-refractivity contribution in [1.29, 1.82) is 0 Å². The van der Waals surface area contributed by atoms with Crippen LogP contribution < -0.4 is 0 Å². The summed E-state index contributed by atoms with van der Waals surface area (Å²) in [6, 6.07) is 0.843. The monoisotopic (exact) mass is 294 g/mol. The highest BCUT2D eigenvalue weighted by atomic mass is 19.4. The summed E-state index contributed by atoms with van der Waals surface area (Å²) >= 11 is 0. The first kappa shape index (κ1) is 13.5. The number of carbonyl (C=O) groups excluding carboxylic acids is 1. The smallest absolute Gasteiger partial charge is 0.300 e. The molecule has 3 atom stereocenters. The van der Waals surface area contributed by atoms with Crippen LogP contribution in [-0.2, 0) is 17.5 Å². The molecule has 1 aromatic rings. The summed E-state index contributed by atoms with van der Waals surface area (Å²) < 4.78 is 63.6. The number of halogens is 5. The van der Waals surface area contributed by atoms with Gasteiger partial charge in [0, 0.05) is 24.5 Å². The van der Waals surface area contributed by atoms with E-state index in [-0.39, 0.29) is 29.2 Å². The second-order valence-corrected chi connectivity index (χ2v) is 5.33. The third kappa shape index (κ3) is 2.20. The number of rotatable bonds is 3. The van der Waals surface area contributed by atoms with Gasteiger partial charge in [-0.2, -0.15) is 18.3 Å². The summed E-state index contributed by atoms with van der Waals surface area (Å²) in [4.78, 5) is 11.2. The molecule has 0 unspecified atom stereocenters. The Morgan fingerprint density at radius 2 is 1.90 bits per heavy atom. The first-order valence-corrected chi connectivity index (χ1v) is 6.22. The molecule has 2 aliphatic carbocycles. The van der Waals surface area contributed by atoms with E-state index in [4.69, 9.17) is 0 Å². The predicted molar refractivity (Wildman–Crippen MR) is 57.2 cm³/mol. The number of hydrogen-bond donors (Lipinski definition) is 0. The lowest BCUT2D eigenvalue weighted by molar-refractivity contribution is -0.141. The summed E-state index contributed by atoms with van der Waals surface area (Å²) in [5.74, 6) is -0.157. The number of hydrogen-bond acceptors (Lipinski definition) is 2. The fourth-order valence-corrected chi connectivity index (χ4v) is 3.16. The molecule has 1 aromatic heterocycles. The fraction of sp³-hybridized carbons (Fsp3) is 0.667. The second kappa shape index (κ2) is 4.26. The molecule has 0 N–H and O–H groups in total. The Morgan fingerprint density at radius 3 is 2.40 bits per heavy atom. The zero-order valence-electron chi connectivity index (χ0n) is 10.2. The molecule has 2 fully saturated rings. The van der Waals surface area contributed by atoms with Crippen molar-refractivity contribution in [1.82, 2.24) is 9.78 Å². The lowest BCUT2D eigenvalue weighted by Gasteiger charge is -2.07. The summed E-state index contributed by atoms with van der Waals surface area (Å²) in [5, 5.41) is 3.26. The van der Waals surface area contributed by atoms with Crippen LogP contribution in [0.25, 0.3) is 0 Å². The van der Waals surface area contributed by atoms with Crippen molar-refractivity contribution in [2.45, 2.75) is 37.9 Å². The topological polar surface area (TPSA) is 34.9 Å². The lowest BCUT2D eigenvalue weighted by Crippen LogP contribution is -2.13. The van der Waals surface area contributed by atoms with E-state index in [1.165, 1.54) is 0 Å². The minimum Gasteiger partial charge on any atom is -0.300 e. The van der Waals surface area contributed by atoms with Crippen LogP contribution in [0.4, 0.5) is 22.0 Å². The quantitative estimate of drug-likeness (QED) is 0.803. The van der Waals surface area contributed by atoms with Gasteiger partial charge in [0.25, 0.3) is 6.43 Å². The summed E-state index contributed by atoms with van der Waals surface area (Å²) in [6.45, 7) is -0.852. The van der Waals surface area contributed by atoms with Gasteiger partial charge < -0.3 is 0 Å². The van der Waals surface area contributed by atoms with Crippen molar-refractivity contribution in [2.75, 3.05) is 0 Å². The molecule has 0 saturated heterocycles. The Kier molecular flexibility index (Phi) is 2.88. The standard InChI is InChI=1S/C12H11F5N2O/c13-10(14)4-19-8(3-9(18-19)12(15,16)17)11-6-1-5(20)2-7(6)11/h3,6-7,10-11H,1-2,4H2/t6-,7+,11+. The molecule has 2 aliphatic rings. The number of alkyl halides is 5. The first-order chi connectivity index (χ1) is 9.27. The van der Waals surface area contributed by atoms with Gasteiger partial charge in [0.1, 0.15) is 12.3 Å². The molecule has 8 heteroatoms. The van der Waals surface area contributed by atoms with Crippen LogP contribution in [0.15, 0.2) is 6.07 Å². The average molecular weight is 294 g/mol. The van der Waals surface area contributed by atoms with Crippen molar-refractivity contribution < 1.29 is 26.7 Å². The van der Waals surface area contributed by atoms with Gasteiger partial charge in [0.05, 0.1) is 0 Å². The van der Waals surface area contributed by atoms with Crippen LogP contribution in [0.2, 0.25) is 0 Å². The van der Waals surface area contributed by atoms with Crippen molar-refractivity contribution in [3.05, 3.63) is 17.5 Å². The molecule has 3 nitrogen and oxygen atoms in total. The summed E-state index contributed by atoms with van der Waals surface area (Å²) in [7, 11) is 0. The van der Waals surface area contributed by atoms with Crippen molar-refractivity contribution in [2.24, 2.45) is 11.8 Å². The molecule has 0 amide bonds. The lowest BCUT2D eigenvalue weighted by atomic mass is 10.1. The molecule has 2 saturated carbocycles. The molecular weight excluding hydrogens is 283 g/mol. The van der Waals surface area contributed by atoms with Gasteiger partial charge in [-0.1, -0.05) is 0 Å². The van der Waals surface area contributed by atoms with Crippen molar-refractivity contribution in [3.8, 4) is 0 Å². The zero-order valence-corrected chi connectivity index (χ0v) is 10.2. The number of aromatic nitrogens is 2. The molecule has 0 aromatic carbocycles. The van der Waals surface area contributed by atoms with E-state index in [2.05, 4.69) is 5.10 Å². The van der Waals surface area contributed by atoms with E-state index in [0.29, 0.717) is 12.8 Å². The summed E-state index contributed by atoms with van der Waals surface area (Å²) in [6.07, 6.45) is -6.76. The number of Topliss-reactive ketones (excluding diaryl/α,β-unsaturated/α-hetero) is 1. The van der Waals surface area contributed by atoms with Crippen molar-refractivity contribution >= 4 is 5.78 Å². The van der Waals surface area contributed by atoms with Crippen molar-refractivity contribution in [3.63, 3.8) is 0 Å². The van der Waals surface area contributed by atoms with Gasteiger partial charge in [-0.15, -0.1) is 0 Å². The van der Waals surface area contributed by atoms with Crippen LogP contribution in [0.3, 0.4) is 0 Å². The highest BCUT2D eigenvalue weighted by Crippen LogP contribution is 2.62. The molecular formula is C12H11F5N2O. The zero-order chi connectivity index (χ0) is 14.7. The molecule has 0 spiro atoms. The molecule has 0 aliphatic heterocycles.